The molecule has 21 heavy (non-hydrogen) atoms. The average Bonchev–Trinajstić information content (AvgIpc) is 2.91. The van der Waals surface area contributed by atoms with Crippen molar-refractivity contribution in [1.82, 2.24) is 10.3 Å². The average molecular weight is 408 g/mol. The Kier molecular flexibility index (Phi) is 4.78. The highest BCUT2D eigenvalue weighted by molar-refractivity contribution is 9.13. The Morgan fingerprint density at radius 1 is 1.00 bits per heavy atom. The Bertz CT molecular complexity index is 749. The number of fused-ring (bicyclic) bond motifs is 1. The van der Waals surface area contributed by atoms with Crippen LogP contribution in [0.25, 0.3) is 10.9 Å². The summed E-state index contributed by atoms with van der Waals surface area (Å²) in [5, 5.41) is 4.83. The monoisotopic (exact) mass is 406 g/mol. The first-order chi connectivity index (χ1) is 10.2. The molecule has 0 aliphatic carbocycles. The summed E-state index contributed by atoms with van der Waals surface area (Å²) < 4.78 is 2.18. The molecule has 0 amide bonds. The third kappa shape index (κ3) is 3.57. The summed E-state index contributed by atoms with van der Waals surface area (Å²) in [6, 6.07) is 14.8. The van der Waals surface area contributed by atoms with Crippen LogP contribution in [0.1, 0.15) is 11.1 Å². The van der Waals surface area contributed by atoms with Gasteiger partial charge in [0.2, 0.25) is 0 Å². The highest BCUT2D eigenvalue weighted by Crippen LogP contribution is 2.23. The van der Waals surface area contributed by atoms with Crippen LogP contribution in [0, 0.1) is 0 Å². The Labute approximate surface area is 141 Å². The fourth-order valence-electron chi connectivity index (χ4n) is 2.44. The normalized spacial score (nSPS) is 11.1. The van der Waals surface area contributed by atoms with Gasteiger partial charge >= 0.3 is 0 Å². The summed E-state index contributed by atoms with van der Waals surface area (Å²) in [6.07, 6.45) is 3.14. The third-order valence-corrected chi connectivity index (χ3v) is 5.44. The SMILES string of the molecule is Brc1ccc(CNCCc2c[nH]c3ccccc23)cc1Br. The minimum atomic E-state index is 0.883. The highest BCUT2D eigenvalue weighted by Gasteiger charge is 2.03. The number of aromatic nitrogens is 1. The van der Waals surface area contributed by atoms with Gasteiger partial charge in [0, 0.05) is 32.6 Å². The molecule has 0 saturated heterocycles. The van der Waals surface area contributed by atoms with Crippen LogP contribution in [0.5, 0.6) is 0 Å². The van der Waals surface area contributed by atoms with Crippen LogP contribution >= 0.6 is 31.9 Å². The Morgan fingerprint density at radius 2 is 1.86 bits per heavy atom. The Morgan fingerprint density at radius 3 is 2.71 bits per heavy atom. The molecule has 2 aromatic carbocycles. The van der Waals surface area contributed by atoms with E-state index in [0.717, 1.165) is 28.5 Å². The standard InChI is InChI=1S/C17H16Br2N2/c18-15-6-5-12(9-16(15)19)10-20-8-7-13-11-21-17-4-2-1-3-14(13)17/h1-6,9,11,20-21H,7-8,10H2. The molecule has 0 aliphatic rings. The molecule has 1 heterocycles. The van der Waals surface area contributed by atoms with Crippen LogP contribution in [0.15, 0.2) is 57.6 Å². The molecule has 0 radical (unpaired) electrons. The van der Waals surface area contributed by atoms with Crippen LogP contribution in [0.2, 0.25) is 0 Å². The summed E-state index contributed by atoms with van der Waals surface area (Å²) in [7, 11) is 0. The van der Waals surface area contributed by atoms with E-state index in [1.165, 1.54) is 22.0 Å². The fourth-order valence-corrected chi connectivity index (χ4v) is 3.12. The number of benzene rings is 2. The number of aromatic amines is 1. The van der Waals surface area contributed by atoms with Crippen LogP contribution in [-0.4, -0.2) is 11.5 Å². The summed E-state index contributed by atoms with van der Waals surface area (Å²) in [5.41, 5.74) is 3.86. The predicted molar refractivity (Wildman–Crippen MR) is 95.6 cm³/mol. The molecule has 3 rings (SSSR count). The lowest BCUT2D eigenvalue weighted by Gasteiger charge is -2.06. The number of para-hydroxylation sites is 1. The van der Waals surface area contributed by atoms with Crippen molar-refractivity contribution >= 4 is 42.8 Å². The van der Waals surface area contributed by atoms with Gasteiger partial charge in [0.25, 0.3) is 0 Å². The van der Waals surface area contributed by atoms with Crippen molar-refractivity contribution in [2.75, 3.05) is 6.54 Å². The first kappa shape index (κ1) is 14.8. The maximum absolute atomic E-state index is 3.53. The minimum absolute atomic E-state index is 0.883. The molecule has 0 fully saturated rings. The summed E-state index contributed by atoms with van der Waals surface area (Å²) in [5.74, 6) is 0. The lowest BCUT2D eigenvalue weighted by Crippen LogP contribution is -2.16. The molecule has 2 N–H and O–H groups in total. The van der Waals surface area contributed by atoms with Gasteiger partial charge in [-0.25, -0.2) is 0 Å². The van der Waals surface area contributed by atoms with E-state index in [9.17, 15) is 0 Å². The van der Waals surface area contributed by atoms with E-state index in [1.54, 1.807) is 0 Å². The van der Waals surface area contributed by atoms with Gasteiger partial charge in [-0.05, 0) is 74.2 Å². The van der Waals surface area contributed by atoms with E-state index in [4.69, 9.17) is 0 Å². The zero-order valence-corrected chi connectivity index (χ0v) is 14.7. The van der Waals surface area contributed by atoms with Crippen molar-refractivity contribution < 1.29 is 0 Å². The predicted octanol–water partition coefficient (Wildman–Crippen LogP) is 5.03. The van der Waals surface area contributed by atoms with E-state index in [-0.39, 0.29) is 0 Å². The maximum atomic E-state index is 3.53. The number of halogens is 2. The molecule has 2 nitrogen and oxygen atoms in total. The first-order valence-electron chi connectivity index (χ1n) is 6.93. The molecule has 0 unspecified atom stereocenters. The first-order valence-corrected chi connectivity index (χ1v) is 8.52. The highest BCUT2D eigenvalue weighted by atomic mass is 79.9. The molecule has 0 spiro atoms. The quantitative estimate of drug-likeness (QED) is 0.570. The van der Waals surface area contributed by atoms with Gasteiger partial charge in [-0.1, -0.05) is 24.3 Å². The summed E-state index contributed by atoms with van der Waals surface area (Å²) >= 11 is 7.02. The Balaban J connectivity index is 1.55. The smallest absolute Gasteiger partial charge is 0.0456 e. The molecule has 4 heteroatoms. The molecule has 0 saturated carbocycles. The zero-order valence-electron chi connectivity index (χ0n) is 11.5. The molecule has 1 aromatic heterocycles. The van der Waals surface area contributed by atoms with Crippen molar-refractivity contribution in [2.45, 2.75) is 13.0 Å². The van der Waals surface area contributed by atoms with Gasteiger partial charge < -0.3 is 10.3 Å². The number of nitrogens with one attached hydrogen (secondary N) is 2. The van der Waals surface area contributed by atoms with E-state index in [2.05, 4.69) is 90.8 Å². The molecule has 3 aromatic rings. The zero-order chi connectivity index (χ0) is 14.7. The van der Waals surface area contributed by atoms with Gasteiger partial charge in [0.15, 0.2) is 0 Å². The van der Waals surface area contributed by atoms with Crippen LogP contribution in [-0.2, 0) is 13.0 Å². The summed E-state index contributed by atoms with van der Waals surface area (Å²) in [4.78, 5) is 3.32. The second-order valence-corrected chi connectivity index (χ2v) is 6.74. The molecular formula is C17H16Br2N2. The molecule has 108 valence electrons. The van der Waals surface area contributed by atoms with Crippen molar-refractivity contribution in [2.24, 2.45) is 0 Å². The fraction of sp³-hybridized carbons (Fsp3) is 0.176. The number of hydrogen-bond donors (Lipinski definition) is 2. The second-order valence-electron chi connectivity index (χ2n) is 5.03. The van der Waals surface area contributed by atoms with Gasteiger partial charge in [-0.2, -0.15) is 0 Å². The lowest BCUT2D eigenvalue weighted by molar-refractivity contribution is 0.688. The van der Waals surface area contributed by atoms with Crippen molar-refractivity contribution in [1.29, 1.82) is 0 Å². The molecule has 0 aliphatic heterocycles. The Hall–Kier alpha value is -1.10. The van der Waals surface area contributed by atoms with E-state index in [0.29, 0.717) is 0 Å². The lowest BCUT2D eigenvalue weighted by atomic mass is 10.1. The van der Waals surface area contributed by atoms with Crippen LogP contribution in [0.4, 0.5) is 0 Å². The van der Waals surface area contributed by atoms with Crippen molar-refractivity contribution in [3.8, 4) is 0 Å². The molecule has 0 bridgehead atoms. The summed E-state index contributed by atoms with van der Waals surface area (Å²) in [6.45, 7) is 1.85. The molecule has 0 atom stereocenters. The second kappa shape index (κ2) is 6.77. The number of rotatable bonds is 5. The maximum Gasteiger partial charge on any atom is 0.0456 e. The largest absolute Gasteiger partial charge is 0.361 e. The van der Waals surface area contributed by atoms with Crippen molar-refractivity contribution in [3.05, 3.63) is 68.7 Å². The van der Waals surface area contributed by atoms with E-state index >= 15 is 0 Å². The molecular weight excluding hydrogens is 392 g/mol. The van der Waals surface area contributed by atoms with E-state index < -0.39 is 0 Å². The van der Waals surface area contributed by atoms with Gasteiger partial charge in [0.1, 0.15) is 0 Å². The number of hydrogen-bond acceptors (Lipinski definition) is 1. The van der Waals surface area contributed by atoms with Crippen molar-refractivity contribution in [3.63, 3.8) is 0 Å². The topological polar surface area (TPSA) is 27.8 Å². The van der Waals surface area contributed by atoms with Gasteiger partial charge in [0.05, 0.1) is 0 Å². The van der Waals surface area contributed by atoms with Gasteiger partial charge in [-0.3, -0.25) is 0 Å². The third-order valence-electron chi connectivity index (χ3n) is 3.56. The van der Waals surface area contributed by atoms with Gasteiger partial charge in [-0.15, -0.1) is 0 Å². The van der Waals surface area contributed by atoms with Crippen LogP contribution in [0.3, 0.4) is 0 Å². The van der Waals surface area contributed by atoms with Crippen LogP contribution < -0.4 is 5.32 Å². The minimum Gasteiger partial charge on any atom is -0.361 e. The van der Waals surface area contributed by atoms with E-state index in [1.807, 2.05) is 0 Å². The number of H-pyrrole nitrogens is 1.